The molecule has 1 aliphatic heterocycles. The van der Waals surface area contributed by atoms with Crippen molar-refractivity contribution in [2.24, 2.45) is 0 Å². The standard InChI is InChI=1S/C20H21NO4S/c1-14(18(22)21-20(19(23)24)11-12-26-13-20)25-17-9-7-16(8-10-17)15-5-3-2-4-6-15/h2-10,14H,11-13H2,1H3,(H,21,22)(H,23,24). The highest BCUT2D eigenvalue weighted by molar-refractivity contribution is 7.99. The summed E-state index contributed by atoms with van der Waals surface area (Å²) in [7, 11) is 0. The molecule has 1 amide bonds. The molecule has 2 unspecified atom stereocenters. The first-order chi connectivity index (χ1) is 12.5. The summed E-state index contributed by atoms with van der Waals surface area (Å²) in [5.74, 6) is 0.268. The topological polar surface area (TPSA) is 75.6 Å². The van der Waals surface area contributed by atoms with E-state index in [2.05, 4.69) is 5.32 Å². The van der Waals surface area contributed by atoms with Gasteiger partial charge in [-0.25, -0.2) is 4.79 Å². The van der Waals surface area contributed by atoms with Crippen molar-refractivity contribution in [1.82, 2.24) is 5.32 Å². The summed E-state index contributed by atoms with van der Waals surface area (Å²) in [6, 6.07) is 17.5. The number of carbonyl (C=O) groups excluding carboxylic acids is 1. The number of ether oxygens (including phenoxy) is 1. The first-order valence-electron chi connectivity index (χ1n) is 8.45. The van der Waals surface area contributed by atoms with Gasteiger partial charge in [-0.3, -0.25) is 4.79 Å². The van der Waals surface area contributed by atoms with Crippen LogP contribution in [0, 0.1) is 0 Å². The Hall–Kier alpha value is -2.47. The molecule has 1 aliphatic rings. The first kappa shape index (κ1) is 18.3. The normalized spacial score (nSPS) is 20.3. The van der Waals surface area contributed by atoms with Crippen LogP contribution in [0.2, 0.25) is 0 Å². The number of hydrogen-bond donors (Lipinski definition) is 2. The molecule has 0 spiro atoms. The Morgan fingerprint density at radius 3 is 2.35 bits per heavy atom. The Labute approximate surface area is 156 Å². The quantitative estimate of drug-likeness (QED) is 0.816. The van der Waals surface area contributed by atoms with E-state index in [4.69, 9.17) is 4.74 Å². The summed E-state index contributed by atoms with van der Waals surface area (Å²) in [6.07, 6.45) is -0.351. The molecule has 2 aromatic carbocycles. The average Bonchev–Trinajstić information content (AvgIpc) is 3.13. The van der Waals surface area contributed by atoms with Gasteiger partial charge in [0.1, 0.15) is 11.3 Å². The van der Waals surface area contributed by atoms with Gasteiger partial charge in [-0.1, -0.05) is 42.5 Å². The number of carboxylic acid groups (broad SMARTS) is 1. The van der Waals surface area contributed by atoms with Crippen molar-refractivity contribution >= 4 is 23.6 Å². The lowest BCUT2D eigenvalue weighted by atomic mass is 9.99. The Kier molecular flexibility index (Phi) is 5.52. The third-order valence-electron chi connectivity index (χ3n) is 4.44. The summed E-state index contributed by atoms with van der Waals surface area (Å²) in [5.41, 5.74) is 0.978. The molecule has 136 valence electrons. The predicted molar refractivity (Wildman–Crippen MR) is 102 cm³/mol. The zero-order valence-corrected chi connectivity index (χ0v) is 15.3. The van der Waals surface area contributed by atoms with Crippen LogP contribution < -0.4 is 10.1 Å². The molecule has 0 radical (unpaired) electrons. The van der Waals surface area contributed by atoms with Crippen molar-refractivity contribution < 1.29 is 19.4 Å². The van der Waals surface area contributed by atoms with Crippen LogP contribution in [-0.2, 0) is 9.59 Å². The summed E-state index contributed by atoms with van der Waals surface area (Å²) in [6.45, 7) is 1.62. The van der Waals surface area contributed by atoms with Crippen LogP contribution in [0.15, 0.2) is 54.6 Å². The van der Waals surface area contributed by atoms with Gasteiger partial charge in [0.2, 0.25) is 0 Å². The third-order valence-corrected chi connectivity index (χ3v) is 5.63. The molecule has 0 aliphatic carbocycles. The number of benzene rings is 2. The van der Waals surface area contributed by atoms with Crippen LogP contribution in [0.25, 0.3) is 11.1 Å². The van der Waals surface area contributed by atoms with Gasteiger partial charge >= 0.3 is 5.97 Å². The fourth-order valence-electron chi connectivity index (χ4n) is 2.84. The van der Waals surface area contributed by atoms with E-state index >= 15 is 0 Å². The minimum absolute atomic E-state index is 0.382. The van der Waals surface area contributed by atoms with E-state index in [1.54, 1.807) is 6.92 Å². The molecule has 3 rings (SSSR count). The van der Waals surface area contributed by atoms with E-state index < -0.39 is 23.5 Å². The van der Waals surface area contributed by atoms with E-state index in [1.807, 2.05) is 54.6 Å². The second-order valence-electron chi connectivity index (χ2n) is 6.33. The van der Waals surface area contributed by atoms with Gasteiger partial charge < -0.3 is 15.2 Å². The summed E-state index contributed by atoms with van der Waals surface area (Å²) in [4.78, 5) is 23.9. The van der Waals surface area contributed by atoms with E-state index in [-0.39, 0.29) is 0 Å². The molecule has 26 heavy (non-hydrogen) atoms. The Bertz CT molecular complexity index is 770. The van der Waals surface area contributed by atoms with Crippen LogP contribution in [0.5, 0.6) is 5.75 Å². The number of aliphatic carboxylic acids is 1. The van der Waals surface area contributed by atoms with E-state index in [0.29, 0.717) is 17.9 Å². The van der Waals surface area contributed by atoms with Gasteiger partial charge in [-0.15, -0.1) is 0 Å². The van der Waals surface area contributed by atoms with E-state index in [0.717, 1.165) is 16.9 Å². The fourth-order valence-corrected chi connectivity index (χ4v) is 4.16. The molecular weight excluding hydrogens is 350 g/mol. The zero-order chi connectivity index (χ0) is 18.6. The minimum atomic E-state index is -1.18. The lowest BCUT2D eigenvalue weighted by molar-refractivity contribution is -0.147. The van der Waals surface area contributed by atoms with Crippen LogP contribution in [0.4, 0.5) is 0 Å². The van der Waals surface area contributed by atoms with Crippen LogP contribution in [-0.4, -0.2) is 40.1 Å². The SMILES string of the molecule is CC(Oc1ccc(-c2ccccc2)cc1)C(=O)NC1(C(=O)O)CCSC1. The summed E-state index contributed by atoms with van der Waals surface area (Å²) < 4.78 is 5.69. The number of rotatable bonds is 6. The molecule has 6 heteroatoms. The van der Waals surface area contributed by atoms with Crippen molar-refractivity contribution in [2.75, 3.05) is 11.5 Å². The van der Waals surface area contributed by atoms with E-state index in [9.17, 15) is 14.7 Å². The van der Waals surface area contributed by atoms with Gasteiger partial charge in [0, 0.05) is 5.75 Å². The molecule has 2 aromatic rings. The number of carboxylic acids is 1. The van der Waals surface area contributed by atoms with Gasteiger partial charge in [-0.05, 0) is 42.4 Å². The molecular formula is C20H21NO4S. The molecule has 1 heterocycles. The van der Waals surface area contributed by atoms with Crippen LogP contribution in [0.3, 0.4) is 0 Å². The van der Waals surface area contributed by atoms with Crippen molar-refractivity contribution in [2.45, 2.75) is 25.0 Å². The number of hydrogen-bond acceptors (Lipinski definition) is 4. The molecule has 5 nitrogen and oxygen atoms in total. The highest BCUT2D eigenvalue weighted by Gasteiger charge is 2.44. The smallest absolute Gasteiger partial charge is 0.330 e. The van der Waals surface area contributed by atoms with Crippen molar-refractivity contribution in [1.29, 1.82) is 0 Å². The molecule has 2 N–H and O–H groups in total. The lowest BCUT2D eigenvalue weighted by Gasteiger charge is -2.26. The highest BCUT2D eigenvalue weighted by atomic mass is 32.2. The van der Waals surface area contributed by atoms with Crippen molar-refractivity contribution in [3.8, 4) is 16.9 Å². The third kappa shape index (κ3) is 4.02. The fraction of sp³-hybridized carbons (Fsp3) is 0.300. The van der Waals surface area contributed by atoms with Gasteiger partial charge in [0.05, 0.1) is 0 Å². The molecule has 1 fully saturated rings. The lowest BCUT2D eigenvalue weighted by Crippen LogP contribution is -2.57. The molecule has 1 saturated heterocycles. The van der Waals surface area contributed by atoms with Crippen molar-refractivity contribution in [3.63, 3.8) is 0 Å². The molecule has 0 aromatic heterocycles. The van der Waals surface area contributed by atoms with E-state index in [1.165, 1.54) is 11.8 Å². The predicted octanol–water partition coefficient (Wildman–Crippen LogP) is 3.20. The average molecular weight is 371 g/mol. The summed E-state index contributed by atoms with van der Waals surface area (Å²) >= 11 is 1.53. The van der Waals surface area contributed by atoms with Gasteiger partial charge in [-0.2, -0.15) is 11.8 Å². The molecule has 0 saturated carbocycles. The summed E-state index contributed by atoms with van der Waals surface area (Å²) in [5, 5.41) is 12.1. The largest absolute Gasteiger partial charge is 0.481 e. The maximum Gasteiger partial charge on any atom is 0.330 e. The van der Waals surface area contributed by atoms with Gasteiger partial charge in [0.25, 0.3) is 5.91 Å². The van der Waals surface area contributed by atoms with Crippen molar-refractivity contribution in [3.05, 3.63) is 54.6 Å². The Balaban J connectivity index is 1.63. The number of nitrogens with one attached hydrogen (secondary N) is 1. The number of thioether (sulfide) groups is 1. The second-order valence-corrected chi connectivity index (χ2v) is 7.43. The second kappa shape index (κ2) is 7.83. The Morgan fingerprint density at radius 2 is 1.77 bits per heavy atom. The zero-order valence-electron chi connectivity index (χ0n) is 14.5. The maximum atomic E-state index is 12.4. The van der Waals surface area contributed by atoms with Gasteiger partial charge in [0.15, 0.2) is 6.10 Å². The number of amides is 1. The highest BCUT2D eigenvalue weighted by Crippen LogP contribution is 2.28. The monoisotopic (exact) mass is 371 g/mol. The maximum absolute atomic E-state index is 12.4. The number of carbonyl (C=O) groups is 2. The molecule has 2 atom stereocenters. The van der Waals surface area contributed by atoms with Crippen LogP contribution in [0.1, 0.15) is 13.3 Å². The first-order valence-corrected chi connectivity index (χ1v) is 9.61. The van der Waals surface area contributed by atoms with Crippen LogP contribution >= 0.6 is 11.8 Å². The molecule has 0 bridgehead atoms. The Morgan fingerprint density at radius 1 is 1.12 bits per heavy atom. The minimum Gasteiger partial charge on any atom is -0.481 e.